The molecule has 19 heavy (non-hydrogen) atoms. The maximum Gasteiger partial charge on any atom is 0.411 e. The third kappa shape index (κ3) is 4.81. The van der Waals surface area contributed by atoms with Gasteiger partial charge in [-0.15, -0.1) is 0 Å². The number of ether oxygens (including phenoxy) is 1. The maximum atomic E-state index is 11.3. The van der Waals surface area contributed by atoms with Gasteiger partial charge in [0.15, 0.2) is 0 Å². The van der Waals surface area contributed by atoms with E-state index in [-0.39, 0.29) is 23.1 Å². The molecule has 0 aliphatic carbocycles. The van der Waals surface area contributed by atoms with Crippen molar-refractivity contribution in [3.8, 4) is 0 Å². The molecule has 0 atom stereocenters. The minimum Gasteiger partial charge on any atom is -0.481 e. The highest BCUT2D eigenvalue weighted by Crippen LogP contribution is 2.29. The lowest BCUT2D eigenvalue weighted by Crippen LogP contribution is -2.14. The second-order valence-corrected chi connectivity index (χ2v) is 4.32. The molecule has 0 spiro atoms. The van der Waals surface area contributed by atoms with E-state index in [4.69, 9.17) is 33.0 Å². The van der Waals surface area contributed by atoms with E-state index in [9.17, 15) is 9.59 Å². The predicted octanol–water partition coefficient (Wildman–Crippen LogP) is 3.36. The molecule has 0 bridgehead atoms. The molecule has 0 saturated heterocycles. The van der Waals surface area contributed by atoms with Crippen molar-refractivity contribution in [2.24, 2.45) is 0 Å². The number of carboxylic acid groups (broad SMARTS) is 1. The normalized spacial score (nSPS) is 9.79. The van der Waals surface area contributed by atoms with Crippen LogP contribution in [-0.4, -0.2) is 23.8 Å². The van der Waals surface area contributed by atoms with Crippen LogP contribution in [0.4, 0.5) is 10.5 Å². The fraction of sp³-hybridized carbons (Fsp3) is 0.167. The number of hydrogen-bond donors (Lipinski definition) is 2. The second-order valence-electron chi connectivity index (χ2n) is 3.50. The predicted molar refractivity (Wildman–Crippen MR) is 73.0 cm³/mol. The number of halogens is 2. The van der Waals surface area contributed by atoms with E-state index in [2.05, 4.69) is 11.9 Å². The van der Waals surface area contributed by atoms with E-state index < -0.39 is 12.1 Å². The lowest BCUT2D eigenvalue weighted by atomic mass is 10.1. The van der Waals surface area contributed by atoms with Crippen molar-refractivity contribution in [2.75, 3.05) is 11.9 Å². The van der Waals surface area contributed by atoms with Crippen LogP contribution in [0.25, 0.3) is 0 Å². The zero-order chi connectivity index (χ0) is 14.4. The molecule has 1 rings (SSSR count). The van der Waals surface area contributed by atoms with E-state index in [1.807, 2.05) is 0 Å². The molecule has 0 aromatic heterocycles. The highest BCUT2D eigenvalue weighted by Gasteiger charge is 2.13. The number of carboxylic acids is 1. The molecule has 2 N–H and O–H groups in total. The number of amides is 1. The Morgan fingerprint density at radius 2 is 1.95 bits per heavy atom. The SMILES string of the molecule is C=CCOC(=O)Nc1cc(Cl)c(CC(=O)O)c(Cl)c1. The minimum absolute atomic E-state index is 0.0738. The second kappa shape index (κ2) is 7.01. The Hall–Kier alpha value is -1.72. The van der Waals surface area contributed by atoms with Gasteiger partial charge < -0.3 is 9.84 Å². The van der Waals surface area contributed by atoms with Gasteiger partial charge in [0.2, 0.25) is 0 Å². The van der Waals surface area contributed by atoms with Gasteiger partial charge in [0.25, 0.3) is 0 Å². The van der Waals surface area contributed by atoms with Gasteiger partial charge in [-0.05, 0) is 12.1 Å². The maximum absolute atomic E-state index is 11.3. The molecule has 0 saturated carbocycles. The Morgan fingerprint density at radius 3 is 2.42 bits per heavy atom. The van der Waals surface area contributed by atoms with E-state index in [1.165, 1.54) is 18.2 Å². The monoisotopic (exact) mass is 303 g/mol. The molecule has 102 valence electrons. The zero-order valence-electron chi connectivity index (χ0n) is 9.78. The number of carbonyl (C=O) groups is 2. The summed E-state index contributed by atoms with van der Waals surface area (Å²) in [6, 6.07) is 2.81. The molecule has 0 radical (unpaired) electrons. The van der Waals surface area contributed by atoms with Crippen LogP contribution in [0.15, 0.2) is 24.8 Å². The molecule has 5 nitrogen and oxygen atoms in total. The van der Waals surface area contributed by atoms with Crippen LogP contribution in [-0.2, 0) is 16.0 Å². The van der Waals surface area contributed by atoms with Gasteiger partial charge in [0, 0.05) is 21.3 Å². The third-order valence-electron chi connectivity index (χ3n) is 2.05. The molecule has 0 aliphatic heterocycles. The summed E-state index contributed by atoms with van der Waals surface area (Å²) in [4.78, 5) is 21.9. The van der Waals surface area contributed by atoms with Crippen LogP contribution in [0.2, 0.25) is 10.0 Å². The summed E-state index contributed by atoms with van der Waals surface area (Å²) in [7, 11) is 0. The average molecular weight is 304 g/mol. The van der Waals surface area contributed by atoms with Crippen LogP contribution in [0.3, 0.4) is 0 Å². The highest BCUT2D eigenvalue weighted by atomic mass is 35.5. The van der Waals surface area contributed by atoms with Gasteiger partial charge in [-0.2, -0.15) is 0 Å². The first-order valence-corrected chi connectivity index (χ1v) is 5.94. The van der Waals surface area contributed by atoms with E-state index in [0.717, 1.165) is 0 Å². The van der Waals surface area contributed by atoms with E-state index in [1.54, 1.807) is 0 Å². The first kappa shape index (κ1) is 15.3. The number of benzene rings is 1. The number of hydrogen-bond acceptors (Lipinski definition) is 3. The smallest absolute Gasteiger partial charge is 0.411 e. The van der Waals surface area contributed by atoms with Crippen molar-refractivity contribution in [3.63, 3.8) is 0 Å². The largest absolute Gasteiger partial charge is 0.481 e. The number of rotatable bonds is 5. The van der Waals surface area contributed by atoms with Gasteiger partial charge in [-0.25, -0.2) is 4.79 Å². The summed E-state index contributed by atoms with van der Waals surface area (Å²) in [5, 5.41) is 11.4. The van der Waals surface area contributed by atoms with Crippen molar-refractivity contribution >= 4 is 41.0 Å². The van der Waals surface area contributed by atoms with Gasteiger partial charge in [-0.1, -0.05) is 35.9 Å². The fourth-order valence-corrected chi connectivity index (χ4v) is 1.90. The standard InChI is InChI=1S/C12H11Cl2NO4/c1-2-3-19-12(18)15-7-4-9(13)8(6-11(16)17)10(14)5-7/h2,4-5H,1,3,6H2,(H,15,18)(H,16,17). The van der Waals surface area contributed by atoms with Crippen LogP contribution in [0.1, 0.15) is 5.56 Å². The first-order valence-electron chi connectivity index (χ1n) is 5.18. The molecule has 0 unspecified atom stereocenters. The zero-order valence-corrected chi connectivity index (χ0v) is 11.3. The van der Waals surface area contributed by atoms with Gasteiger partial charge in [-0.3, -0.25) is 10.1 Å². The number of carbonyl (C=O) groups excluding carboxylic acids is 1. The summed E-state index contributed by atoms with van der Waals surface area (Å²) in [5.41, 5.74) is 0.610. The summed E-state index contributed by atoms with van der Waals surface area (Å²) in [6.45, 7) is 3.48. The Kier molecular flexibility index (Phi) is 5.66. The lowest BCUT2D eigenvalue weighted by molar-refractivity contribution is -0.136. The third-order valence-corrected chi connectivity index (χ3v) is 2.72. The molecular formula is C12H11Cl2NO4. The lowest BCUT2D eigenvalue weighted by Gasteiger charge is -2.09. The summed E-state index contributed by atoms with van der Waals surface area (Å²) < 4.78 is 4.72. The Labute approximate surface area is 119 Å². The summed E-state index contributed by atoms with van der Waals surface area (Å²) >= 11 is 11.8. The van der Waals surface area contributed by atoms with Crippen LogP contribution in [0.5, 0.6) is 0 Å². The Balaban J connectivity index is 2.85. The van der Waals surface area contributed by atoms with Gasteiger partial charge in [0.05, 0.1) is 6.42 Å². The van der Waals surface area contributed by atoms with Gasteiger partial charge in [0.1, 0.15) is 6.61 Å². The molecule has 1 aromatic rings. The molecule has 7 heteroatoms. The number of aliphatic carboxylic acids is 1. The van der Waals surface area contributed by atoms with Crippen LogP contribution in [0, 0.1) is 0 Å². The molecule has 0 heterocycles. The van der Waals surface area contributed by atoms with Gasteiger partial charge >= 0.3 is 12.1 Å². The highest BCUT2D eigenvalue weighted by molar-refractivity contribution is 6.36. The Morgan fingerprint density at radius 1 is 1.37 bits per heavy atom. The van der Waals surface area contributed by atoms with Crippen LogP contribution < -0.4 is 5.32 Å². The van der Waals surface area contributed by atoms with Crippen molar-refractivity contribution in [1.29, 1.82) is 0 Å². The fourth-order valence-electron chi connectivity index (χ4n) is 1.28. The summed E-state index contributed by atoms with van der Waals surface area (Å²) in [5.74, 6) is -1.05. The summed E-state index contributed by atoms with van der Waals surface area (Å²) in [6.07, 6.45) is 0.451. The van der Waals surface area contributed by atoms with Crippen molar-refractivity contribution in [2.45, 2.75) is 6.42 Å². The van der Waals surface area contributed by atoms with E-state index >= 15 is 0 Å². The number of anilines is 1. The Bertz CT molecular complexity index is 493. The molecule has 1 amide bonds. The van der Waals surface area contributed by atoms with Crippen molar-refractivity contribution in [3.05, 3.63) is 40.4 Å². The van der Waals surface area contributed by atoms with Crippen LogP contribution >= 0.6 is 23.2 Å². The van der Waals surface area contributed by atoms with Crippen molar-refractivity contribution in [1.82, 2.24) is 0 Å². The minimum atomic E-state index is -1.05. The topological polar surface area (TPSA) is 75.6 Å². The molecule has 0 aliphatic rings. The van der Waals surface area contributed by atoms with Crippen molar-refractivity contribution < 1.29 is 19.4 Å². The average Bonchev–Trinajstić information content (AvgIpc) is 2.31. The molecule has 1 aromatic carbocycles. The number of nitrogens with one attached hydrogen (secondary N) is 1. The first-order chi connectivity index (χ1) is 8.93. The molecule has 0 fully saturated rings. The quantitative estimate of drug-likeness (QED) is 0.818. The molecular weight excluding hydrogens is 293 g/mol. The van der Waals surface area contributed by atoms with E-state index in [0.29, 0.717) is 11.3 Å².